The normalized spacial score (nSPS) is 15.0. The number of carbonyl (C=O) groups excluding carboxylic acids is 2. The Morgan fingerprint density at radius 1 is 0.912 bits per heavy atom. The van der Waals surface area contributed by atoms with E-state index >= 15 is 0 Å². The van der Waals surface area contributed by atoms with Crippen LogP contribution in [0.1, 0.15) is 64.6 Å². The first kappa shape index (κ1) is 23.6. The molecule has 5 nitrogen and oxygen atoms in total. The summed E-state index contributed by atoms with van der Waals surface area (Å²) in [5.41, 5.74) is 4.84. The van der Waals surface area contributed by atoms with E-state index in [1.807, 2.05) is 80.6 Å². The standard InChI is InChI=1S/C29H33N3O2/c1-20-9-11-24(12-10-20)28(33)31-25-13-14-27(32-17-15-21(2)16-18-32)26(19-25)29(34)30-22(3)23-7-5-4-6-8-23/h4-14,19,21-22H,15-18H2,1-3H3,(H,30,34)(H,31,33). The van der Waals surface area contributed by atoms with Gasteiger partial charge in [0.1, 0.15) is 0 Å². The molecule has 0 saturated carbocycles. The summed E-state index contributed by atoms with van der Waals surface area (Å²) in [7, 11) is 0. The van der Waals surface area contributed by atoms with Gasteiger partial charge in [-0.25, -0.2) is 0 Å². The van der Waals surface area contributed by atoms with Crippen molar-refractivity contribution in [2.45, 2.75) is 39.7 Å². The van der Waals surface area contributed by atoms with Crippen LogP contribution in [0.3, 0.4) is 0 Å². The van der Waals surface area contributed by atoms with Gasteiger partial charge >= 0.3 is 0 Å². The number of carbonyl (C=O) groups is 2. The second-order valence-corrected chi connectivity index (χ2v) is 9.33. The molecule has 0 aliphatic carbocycles. The van der Waals surface area contributed by atoms with E-state index in [9.17, 15) is 9.59 Å². The number of hydrogen-bond acceptors (Lipinski definition) is 3. The third kappa shape index (κ3) is 5.66. The monoisotopic (exact) mass is 455 g/mol. The molecule has 5 heteroatoms. The Bertz CT molecular complexity index is 1130. The number of aryl methyl sites for hydroxylation is 1. The molecule has 1 aliphatic rings. The zero-order chi connectivity index (χ0) is 24.1. The predicted molar refractivity (Wildman–Crippen MR) is 139 cm³/mol. The maximum absolute atomic E-state index is 13.5. The fourth-order valence-electron chi connectivity index (χ4n) is 4.33. The molecular weight excluding hydrogens is 422 g/mol. The molecule has 176 valence electrons. The van der Waals surface area contributed by atoms with Crippen LogP contribution in [0.15, 0.2) is 72.8 Å². The summed E-state index contributed by atoms with van der Waals surface area (Å²) in [4.78, 5) is 28.5. The highest BCUT2D eigenvalue weighted by molar-refractivity contribution is 6.06. The molecule has 3 aromatic rings. The smallest absolute Gasteiger partial charge is 0.255 e. The number of nitrogens with zero attached hydrogens (tertiary/aromatic N) is 1. The summed E-state index contributed by atoms with van der Waals surface area (Å²) in [6, 6.07) is 22.9. The van der Waals surface area contributed by atoms with Gasteiger partial charge in [0.05, 0.1) is 11.6 Å². The molecule has 2 amide bonds. The molecule has 1 saturated heterocycles. The highest BCUT2D eigenvalue weighted by Gasteiger charge is 2.23. The van der Waals surface area contributed by atoms with Gasteiger partial charge in [-0.1, -0.05) is 55.0 Å². The highest BCUT2D eigenvalue weighted by Crippen LogP contribution is 2.29. The van der Waals surface area contributed by atoms with E-state index < -0.39 is 0 Å². The number of nitrogens with one attached hydrogen (secondary N) is 2. The molecule has 1 fully saturated rings. The van der Waals surface area contributed by atoms with Gasteiger partial charge in [-0.2, -0.15) is 0 Å². The molecule has 0 bridgehead atoms. The predicted octanol–water partition coefficient (Wildman–Crippen LogP) is 5.97. The van der Waals surface area contributed by atoms with Crippen molar-refractivity contribution in [1.29, 1.82) is 0 Å². The van der Waals surface area contributed by atoms with Gasteiger partial charge in [-0.05, 0) is 68.5 Å². The SMILES string of the molecule is Cc1ccc(C(=O)Nc2ccc(N3CCC(C)CC3)c(C(=O)NC(C)c3ccccc3)c2)cc1. The number of anilines is 2. The van der Waals surface area contributed by atoms with Crippen LogP contribution in [0, 0.1) is 12.8 Å². The molecule has 0 spiro atoms. The topological polar surface area (TPSA) is 61.4 Å². The summed E-state index contributed by atoms with van der Waals surface area (Å²) >= 11 is 0. The van der Waals surface area contributed by atoms with Crippen molar-refractivity contribution >= 4 is 23.2 Å². The third-order valence-corrected chi connectivity index (χ3v) is 6.58. The average Bonchev–Trinajstić information content (AvgIpc) is 2.85. The summed E-state index contributed by atoms with van der Waals surface area (Å²) in [5, 5.41) is 6.10. The molecule has 4 rings (SSSR count). The quantitative estimate of drug-likeness (QED) is 0.481. The summed E-state index contributed by atoms with van der Waals surface area (Å²) < 4.78 is 0. The van der Waals surface area contributed by atoms with Crippen molar-refractivity contribution in [1.82, 2.24) is 5.32 Å². The number of amides is 2. The lowest BCUT2D eigenvalue weighted by Crippen LogP contribution is -2.35. The first-order valence-electron chi connectivity index (χ1n) is 12.0. The van der Waals surface area contributed by atoms with Gasteiger partial charge in [-0.15, -0.1) is 0 Å². The molecule has 1 unspecified atom stereocenters. The minimum absolute atomic E-state index is 0.131. The Kier molecular flexibility index (Phi) is 7.31. The van der Waals surface area contributed by atoms with E-state index in [1.54, 1.807) is 6.07 Å². The van der Waals surface area contributed by atoms with Crippen molar-refractivity contribution in [2.75, 3.05) is 23.3 Å². The Balaban J connectivity index is 1.59. The fraction of sp³-hybridized carbons (Fsp3) is 0.310. The van der Waals surface area contributed by atoms with Crippen LogP contribution >= 0.6 is 0 Å². The first-order valence-corrected chi connectivity index (χ1v) is 12.0. The van der Waals surface area contributed by atoms with Gasteiger partial charge in [-0.3, -0.25) is 9.59 Å². The Labute approximate surface area is 202 Å². The lowest BCUT2D eigenvalue weighted by Gasteiger charge is -2.33. The minimum atomic E-state index is -0.191. The van der Waals surface area contributed by atoms with Crippen LogP contribution in [-0.2, 0) is 0 Å². The molecular formula is C29H33N3O2. The third-order valence-electron chi connectivity index (χ3n) is 6.58. The van der Waals surface area contributed by atoms with Gasteiger partial charge < -0.3 is 15.5 Å². The van der Waals surface area contributed by atoms with E-state index in [0.717, 1.165) is 42.7 Å². The van der Waals surface area contributed by atoms with Crippen LogP contribution in [0.5, 0.6) is 0 Å². The molecule has 2 N–H and O–H groups in total. The number of benzene rings is 3. The zero-order valence-corrected chi connectivity index (χ0v) is 20.2. The summed E-state index contributed by atoms with van der Waals surface area (Å²) in [6.45, 7) is 8.09. The number of rotatable bonds is 6. The second kappa shape index (κ2) is 10.6. The van der Waals surface area contributed by atoms with Crippen molar-refractivity contribution in [3.8, 4) is 0 Å². The van der Waals surface area contributed by atoms with Crippen molar-refractivity contribution in [3.63, 3.8) is 0 Å². The van der Waals surface area contributed by atoms with Crippen LogP contribution < -0.4 is 15.5 Å². The molecule has 1 atom stereocenters. The summed E-state index contributed by atoms with van der Waals surface area (Å²) in [5.74, 6) is 0.361. The van der Waals surface area contributed by atoms with E-state index in [4.69, 9.17) is 0 Å². The lowest BCUT2D eigenvalue weighted by atomic mass is 9.97. The van der Waals surface area contributed by atoms with Crippen LogP contribution in [0.25, 0.3) is 0 Å². The van der Waals surface area contributed by atoms with E-state index in [2.05, 4.69) is 22.5 Å². The number of hydrogen-bond donors (Lipinski definition) is 2. The zero-order valence-electron chi connectivity index (χ0n) is 20.2. The number of piperidine rings is 1. The Hall–Kier alpha value is -3.60. The van der Waals surface area contributed by atoms with E-state index in [0.29, 0.717) is 22.7 Å². The Morgan fingerprint density at radius 2 is 1.59 bits per heavy atom. The molecule has 34 heavy (non-hydrogen) atoms. The largest absolute Gasteiger partial charge is 0.371 e. The molecule has 1 heterocycles. The minimum Gasteiger partial charge on any atom is -0.371 e. The van der Waals surface area contributed by atoms with Gasteiger partial charge in [0.25, 0.3) is 11.8 Å². The lowest BCUT2D eigenvalue weighted by molar-refractivity contribution is 0.0939. The fourth-order valence-corrected chi connectivity index (χ4v) is 4.33. The van der Waals surface area contributed by atoms with Crippen LogP contribution in [0.2, 0.25) is 0 Å². The maximum Gasteiger partial charge on any atom is 0.255 e. The van der Waals surface area contributed by atoms with Crippen LogP contribution in [-0.4, -0.2) is 24.9 Å². The maximum atomic E-state index is 13.5. The molecule has 3 aromatic carbocycles. The summed E-state index contributed by atoms with van der Waals surface area (Å²) in [6.07, 6.45) is 2.21. The molecule has 1 aliphatic heterocycles. The average molecular weight is 456 g/mol. The van der Waals surface area contributed by atoms with Crippen molar-refractivity contribution in [2.24, 2.45) is 5.92 Å². The van der Waals surface area contributed by atoms with E-state index in [-0.39, 0.29) is 17.9 Å². The van der Waals surface area contributed by atoms with Crippen LogP contribution in [0.4, 0.5) is 11.4 Å². The second-order valence-electron chi connectivity index (χ2n) is 9.33. The van der Waals surface area contributed by atoms with Crippen molar-refractivity contribution < 1.29 is 9.59 Å². The Morgan fingerprint density at radius 3 is 2.26 bits per heavy atom. The highest BCUT2D eigenvalue weighted by atomic mass is 16.2. The van der Waals surface area contributed by atoms with Gasteiger partial charge in [0.15, 0.2) is 0 Å². The first-order chi connectivity index (χ1) is 16.4. The van der Waals surface area contributed by atoms with E-state index in [1.165, 1.54) is 0 Å². The van der Waals surface area contributed by atoms with Gasteiger partial charge in [0.2, 0.25) is 0 Å². The molecule has 0 aromatic heterocycles. The van der Waals surface area contributed by atoms with Crippen molar-refractivity contribution in [3.05, 3.63) is 95.1 Å². The van der Waals surface area contributed by atoms with Gasteiger partial charge in [0, 0.05) is 30.0 Å². The molecule has 0 radical (unpaired) electrons.